The van der Waals surface area contributed by atoms with Gasteiger partial charge in [0.25, 0.3) is 10.0 Å². The number of hydrogen-bond donors (Lipinski definition) is 1. The summed E-state index contributed by atoms with van der Waals surface area (Å²) in [5.41, 5.74) is 0. The number of sulfonamides is 1. The maximum absolute atomic E-state index is 12.4. The molecule has 0 saturated carbocycles. The lowest BCUT2D eigenvalue weighted by Gasteiger charge is -2.32. The molecule has 0 aromatic carbocycles. The summed E-state index contributed by atoms with van der Waals surface area (Å²) in [4.78, 5) is 6.29. The van der Waals surface area contributed by atoms with E-state index in [9.17, 15) is 8.42 Å². The number of fused-ring (bicyclic) bond motifs is 1. The molecule has 0 unspecified atom stereocenters. The number of aromatic nitrogens is 2. The van der Waals surface area contributed by atoms with Gasteiger partial charge in [0.1, 0.15) is 5.15 Å². The van der Waals surface area contributed by atoms with Crippen molar-refractivity contribution in [2.45, 2.75) is 42.8 Å². The summed E-state index contributed by atoms with van der Waals surface area (Å²) in [5, 5.41) is 0.0759. The third-order valence-electron chi connectivity index (χ3n) is 4.25. The number of aryl methyl sites for hydroxylation is 1. The molecule has 0 bridgehead atoms. The number of nitrogens with one attached hydrogen (secondary N) is 1. The predicted molar refractivity (Wildman–Crippen MR) is 76.2 cm³/mol. The Kier molecular flexibility index (Phi) is 3.79. The fraction of sp³-hybridized carbons (Fsp3) is 0.750. The van der Waals surface area contributed by atoms with Gasteiger partial charge in [-0.05, 0) is 25.8 Å². The molecule has 3 heterocycles. The van der Waals surface area contributed by atoms with Crippen LogP contribution < -0.4 is 4.72 Å². The summed E-state index contributed by atoms with van der Waals surface area (Å²) >= 11 is 5.99. The fourth-order valence-electron chi connectivity index (χ4n) is 3.21. The third kappa shape index (κ3) is 2.47. The van der Waals surface area contributed by atoms with Crippen LogP contribution in [0.5, 0.6) is 0 Å². The number of hydrogen-bond acceptors (Lipinski definition) is 4. The summed E-state index contributed by atoms with van der Waals surface area (Å²) in [6.07, 6.45) is 5.71. The van der Waals surface area contributed by atoms with E-state index in [4.69, 9.17) is 11.6 Å². The molecule has 1 N–H and O–H groups in total. The lowest BCUT2D eigenvalue weighted by Crippen LogP contribution is -2.46. The van der Waals surface area contributed by atoms with Crippen molar-refractivity contribution in [3.05, 3.63) is 11.5 Å². The second kappa shape index (κ2) is 5.29. The summed E-state index contributed by atoms with van der Waals surface area (Å²) in [7, 11) is -1.97. The van der Waals surface area contributed by atoms with Gasteiger partial charge in [-0.25, -0.2) is 18.1 Å². The van der Waals surface area contributed by atoms with Crippen molar-refractivity contribution in [2.24, 2.45) is 7.05 Å². The molecule has 1 aromatic rings. The van der Waals surface area contributed by atoms with Gasteiger partial charge in [0, 0.05) is 25.7 Å². The van der Waals surface area contributed by atoms with Crippen LogP contribution in [0.2, 0.25) is 5.15 Å². The van der Waals surface area contributed by atoms with Crippen LogP contribution in [-0.4, -0.2) is 48.0 Å². The molecule has 0 aliphatic carbocycles. The van der Waals surface area contributed by atoms with Crippen molar-refractivity contribution < 1.29 is 8.42 Å². The highest BCUT2D eigenvalue weighted by atomic mass is 35.5. The van der Waals surface area contributed by atoms with Gasteiger partial charge in [0.15, 0.2) is 0 Å². The summed E-state index contributed by atoms with van der Waals surface area (Å²) < 4.78 is 29.1. The molecule has 0 spiro atoms. The van der Waals surface area contributed by atoms with E-state index >= 15 is 0 Å². The first-order valence-corrected chi connectivity index (χ1v) is 8.78. The SMILES string of the molecule is Cn1cnc(S(=O)(=O)N[C@@H]2CCN3CCCC[C@H]23)c1Cl. The Bertz CT molecular complexity index is 601. The first-order chi connectivity index (χ1) is 9.49. The highest BCUT2D eigenvalue weighted by Gasteiger charge is 2.38. The van der Waals surface area contributed by atoms with Crippen molar-refractivity contribution >= 4 is 21.6 Å². The molecule has 0 radical (unpaired) electrons. The Morgan fingerprint density at radius 3 is 2.85 bits per heavy atom. The summed E-state index contributed by atoms with van der Waals surface area (Å²) in [6, 6.07) is 0.291. The molecule has 20 heavy (non-hydrogen) atoms. The lowest BCUT2D eigenvalue weighted by molar-refractivity contribution is 0.186. The molecule has 2 atom stereocenters. The van der Waals surface area contributed by atoms with Gasteiger partial charge in [-0.3, -0.25) is 4.90 Å². The van der Waals surface area contributed by atoms with E-state index in [1.807, 2.05) is 0 Å². The van der Waals surface area contributed by atoms with Crippen molar-refractivity contribution in [1.82, 2.24) is 19.2 Å². The molecule has 0 amide bonds. The number of rotatable bonds is 3. The molecular formula is C12H19ClN4O2S. The standard InChI is InChI=1S/C12H19ClN4O2S/c1-16-8-14-12(11(16)13)20(18,19)15-9-5-7-17-6-3-2-4-10(9)17/h8-10,15H,2-7H2,1H3/t9-,10-/m1/s1. The Hall–Kier alpha value is -0.630. The Morgan fingerprint density at radius 1 is 1.35 bits per heavy atom. The van der Waals surface area contributed by atoms with Crippen molar-refractivity contribution in [3.63, 3.8) is 0 Å². The monoisotopic (exact) mass is 318 g/mol. The highest BCUT2D eigenvalue weighted by Crippen LogP contribution is 2.28. The minimum Gasteiger partial charge on any atom is -0.324 e. The second-order valence-corrected chi connectivity index (χ2v) is 7.55. The average Bonchev–Trinajstić information content (AvgIpc) is 2.96. The van der Waals surface area contributed by atoms with Gasteiger partial charge in [-0.15, -0.1) is 0 Å². The smallest absolute Gasteiger partial charge is 0.261 e. The van der Waals surface area contributed by atoms with Crippen LogP contribution in [-0.2, 0) is 17.1 Å². The zero-order chi connectivity index (χ0) is 14.3. The van der Waals surface area contributed by atoms with Crippen LogP contribution in [0.4, 0.5) is 0 Å². The number of nitrogens with zero attached hydrogens (tertiary/aromatic N) is 3. The second-order valence-electron chi connectivity index (χ2n) is 5.57. The van der Waals surface area contributed by atoms with Crippen LogP contribution >= 0.6 is 11.6 Å². The van der Waals surface area contributed by atoms with E-state index in [2.05, 4.69) is 14.6 Å². The normalized spacial score (nSPS) is 27.7. The average molecular weight is 319 g/mol. The minimum atomic E-state index is -3.64. The van der Waals surface area contributed by atoms with Crippen molar-refractivity contribution in [3.8, 4) is 0 Å². The molecule has 2 aliphatic rings. The van der Waals surface area contributed by atoms with E-state index in [-0.39, 0.29) is 16.2 Å². The van der Waals surface area contributed by atoms with E-state index in [1.54, 1.807) is 7.05 Å². The molecular weight excluding hydrogens is 300 g/mol. The predicted octanol–water partition coefficient (Wildman–Crippen LogP) is 0.979. The topological polar surface area (TPSA) is 67.2 Å². The van der Waals surface area contributed by atoms with Crippen LogP contribution in [0.15, 0.2) is 11.4 Å². The maximum atomic E-state index is 12.4. The van der Waals surface area contributed by atoms with Crippen LogP contribution in [0.3, 0.4) is 0 Å². The molecule has 2 saturated heterocycles. The molecule has 112 valence electrons. The van der Waals surface area contributed by atoms with Crippen LogP contribution in [0, 0.1) is 0 Å². The summed E-state index contributed by atoms with van der Waals surface area (Å²) in [6.45, 7) is 2.04. The first kappa shape index (κ1) is 14.3. The van der Waals surface area contributed by atoms with Crippen molar-refractivity contribution in [2.75, 3.05) is 13.1 Å². The zero-order valence-corrected chi connectivity index (χ0v) is 13.0. The molecule has 2 aliphatic heterocycles. The highest BCUT2D eigenvalue weighted by molar-refractivity contribution is 7.89. The molecule has 3 rings (SSSR count). The number of halogens is 1. The molecule has 8 heteroatoms. The van der Waals surface area contributed by atoms with Gasteiger partial charge in [0.2, 0.25) is 5.03 Å². The minimum absolute atomic E-state index is 0.0293. The molecule has 6 nitrogen and oxygen atoms in total. The molecule has 2 fully saturated rings. The molecule has 1 aromatic heterocycles. The maximum Gasteiger partial charge on any atom is 0.261 e. The first-order valence-electron chi connectivity index (χ1n) is 6.92. The Labute approximate surface area is 124 Å². The number of piperidine rings is 1. The fourth-order valence-corrected chi connectivity index (χ4v) is 4.95. The van der Waals surface area contributed by atoms with Gasteiger partial charge in [0.05, 0.1) is 6.33 Å². The lowest BCUT2D eigenvalue weighted by atomic mass is 10.00. The van der Waals surface area contributed by atoms with Crippen LogP contribution in [0.25, 0.3) is 0 Å². The quantitative estimate of drug-likeness (QED) is 0.902. The Morgan fingerprint density at radius 2 is 2.15 bits per heavy atom. The summed E-state index contributed by atoms with van der Waals surface area (Å²) in [5.74, 6) is 0. The van der Waals surface area contributed by atoms with Gasteiger partial charge < -0.3 is 4.57 Å². The largest absolute Gasteiger partial charge is 0.324 e. The van der Waals surface area contributed by atoms with Gasteiger partial charge in [-0.2, -0.15) is 0 Å². The van der Waals surface area contributed by atoms with E-state index in [0.717, 1.165) is 25.9 Å². The number of imidazole rings is 1. The van der Waals surface area contributed by atoms with Gasteiger partial charge in [-0.1, -0.05) is 18.0 Å². The van der Waals surface area contributed by atoms with Crippen molar-refractivity contribution in [1.29, 1.82) is 0 Å². The van der Waals surface area contributed by atoms with E-state index in [1.165, 1.54) is 23.7 Å². The van der Waals surface area contributed by atoms with Gasteiger partial charge >= 0.3 is 0 Å². The van der Waals surface area contributed by atoms with E-state index < -0.39 is 10.0 Å². The van der Waals surface area contributed by atoms with E-state index in [0.29, 0.717) is 6.04 Å². The zero-order valence-electron chi connectivity index (χ0n) is 11.4. The van der Waals surface area contributed by atoms with Crippen LogP contribution in [0.1, 0.15) is 25.7 Å². The Balaban J connectivity index is 1.78. The third-order valence-corrected chi connectivity index (χ3v) is 6.23.